The van der Waals surface area contributed by atoms with Crippen LogP contribution in [0.3, 0.4) is 0 Å². The molecule has 7 rings (SSSR count). The average molecular weight is 400 g/mol. The number of carbonyl (C=O) groups is 4. The van der Waals surface area contributed by atoms with Gasteiger partial charge in [0.15, 0.2) is 0 Å². The normalized spacial score (nSPS) is 42.3. The molecule has 4 bridgehead atoms. The molecule has 0 N–H and O–H groups in total. The summed E-state index contributed by atoms with van der Waals surface area (Å²) < 4.78 is 0. The summed E-state index contributed by atoms with van der Waals surface area (Å²) in [6.45, 7) is 0. The molecule has 6 nitrogen and oxygen atoms in total. The highest BCUT2D eigenvalue weighted by Crippen LogP contribution is 2.56. The molecule has 150 valence electrons. The van der Waals surface area contributed by atoms with E-state index in [1.165, 1.54) is 9.80 Å². The third-order valence-electron chi connectivity index (χ3n) is 8.30. The number of fused-ring (bicyclic) bond motifs is 10. The van der Waals surface area contributed by atoms with E-state index in [9.17, 15) is 19.2 Å². The van der Waals surface area contributed by atoms with Gasteiger partial charge in [-0.05, 0) is 48.6 Å². The number of rotatable bonds is 2. The van der Waals surface area contributed by atoms with Crippen LogP contribution in [0.1, 0.15) is 12.8 Å². The summed E-state index contributed by atoms with van der Waals surface area (Å²) in [5, 5.41) is 0. The van der Waals surface area contributed by atoms with Gasteiger partial charge in [-0.2, -0.15) is 0 Å². The molecule has 4 aliphatic carbocycles. The van der Waals surface area contributed by atoms with Crippen LogP contribution in [0.25, 0.3) is 0 Å². The summed E-state index contributed by atoms with van der Waals surface area (Å²) in [5.41, 5.74) is 0.728. The molecule has 1 aromatic rings. The molecule has 2 saturated heterocycles. The Bertz CT molecular complexity index is 973. The van der Waals surface area contributed by atoms with Crippen LogP contribution < -0.4 is 9.80 Å². The topological polar surface area (TPSA) is 74.8 Å². The van der Waals surface area contributed by atoms with Crippen molar-refractivity contribution in [3.63, 3.8) is 0 Å². The van der Waals surface area contributed by atoms with E-state index in [0.717, 1.165) is 12.8 Å². The second-order valence-electron chi connectivity index (χ2n) is 9.51. The number of para-hydroxylation sites is 2. The Hall–Kier alpha value is -3.02. The van der Waals surface area contributed by atoms with Crippen molar-refractivity contribution in [1.29, 1.82) is 0 Å². The molecule has 1 aromatic carbocycles. The van der Waals surface area contributed by atoms with Gasteiger partial charge >= 0.3 is 0 Å². The van der Waals surface area contributed by atoms with Crippen molar-refractivity contribution >= 4 is 35.0 Å². The zero-order valence-corrected chi connectivity index (χ0v) is 16.2. The van der Waals surface area contributed by atoms with Crippen molar-refractivity contribution in [2.24, 2.45) is 47.3 Å². The Kier molecular flexibility index (Phi) is 2.99. The van der Waals surface area contributed by atoms with Crippen molar-refractivity contribution < 1.29 is 19.2 Å². The molecular weight excluding hydrogens is 380 g/mol. The van der Waals surface area contributed by atoms with Gasteiger partial charge in [-0.25, -0.2) is 9.80 Å². The van der Waals surface area contributed by atoms with Crippen LogP contribution in [0.4, 0.5) is 11.4 Å². The predicted molar refractivity (Wildman–Crippen MR) is 107 cm³/mol. The first-order valence-electron chi connectivity index (χ1n) is 10.8. The second-order valence-corrected chi connectivity index (χ2v) is 9.51. The molecular formula is C24H20N2O4. The van der Waals surface area contributed by atoms with Crippen molar-refractivity contribution in [3.05, 3.63) is 48.6 Å². The summed E-state index contributed by atoms with van der Waals surface area (Å²) in [5.74, 6) is -1.59. The van der Waals surface area contributed by atoms with E-state index in [1.807, 2.05) is 0 Å². The van der Waals surface area contributed by atoms with E-state index >= 15 is 0 Å². The monoisotopic (exact) mass is 400 g/mol. The summed E-state index contributed by atoms with van der Waals surface area (Å²) in [6.07, 6.45) is 9.97. The first kappa shape index (κ1) is 16.7. The van der Waals surface area contributed by atoms with Gasteiger partial charge < -0.3 is 0 Å². The minimum absolute atomic E-state index is 0.115. The van der Waals surface area contributed by atoms with Gasteiger partial charge in [0.1, 0.15) is 0 Å². The van der Waals surface area contributed by atoms with Crippen LogP contribution in [-0.2, 0) is 19.2 Å². The maximum atomic E-state index is 13.3. The SMILES string of the molecule is O=C1C2C3C=CC(C3)C2C(=O)N1c1ccccc1N1C(=O)C2C3C=CC(C3)C2C1=O. The molecule has 4 amide bonds. The zero-order valence-electron chi connectivity index (χ0n) is 16.2. The fourth-order valence-corrected chi connectivity index (χ4v) is 7.12. The summed E-state index contributed by atoms with van der Waals surface area (Å²) in [6, 6.07) is 6.86. The lowest BCUT2D eigenvalue weighted by molar-refractivity contribution is -0.125. The van der Waals surface area contributed by atoms with Gasteiger partial charge in [0.05, 0.1) is 35.0 Å². The highest BCUT2D eigenvalue weighted by molar-refractivity contribution is 6.28. The van der Waals surface area contributed by atoms with Crippen LogP contribution in [0, 0.1) is 47.3 Å². The Morgan fingerprint density at radius 1 is 0.533 bits per heavy atom. The van der Waals surface area contributed by atoms with Crippen molar-refractivity contribution in [3.8, 4) is 0 Å². The molecule has 6 aliphatic rings. The van der Waals surface area contributed by atoms with Gasteiger partial charge in [-0.3, -0.25) is 19.2 Å². The molecule has 8 atom stereocenters. The third kappa shape index (κ3) is 1.77. The van der Waals surface area contributed by atoms with E-state index in [0.29, 0.717) is 11.4 Å². The van der Waals surface area contributed by atoms with Gasteiger partial charge in [0.2, 0.25) is 23.6 Å². The smallest absolute Gasteiger partial charge is 0.238 e. The van der Waals surface area contributed by atoms with Crippen LogP contribution in [-0.4, -0.2) is 23.6 Å². The second kappa shape index (κ2) is 5.36. The van der Waals surface area contributed by atoms with E-state index in [2.05, 4.69) is 24.3 Å². The molecule has 4 fully saturated rings. The minimum atomic E-state index is -0.315. The van der Waals surface area contributed by atoms with Crippen molar-refractivity contribution in [2.75, 3.05) is 9.80 Å². The highest BCUT2D eigenvalue weighted by Gasteiger charge is 2.62. The molecule has 8 unspecified atom stereocenters. The largest absolute Gasteiger partial charge is 0.274 e. The number of nitrogens with zero attached hydrogens (tertiary/aromatic N) is 2. The molecule has 2 aliphatic heterocycles. The number of allylic oxidation sites excluding steroid dienone is 4. The number of hydrogen-bond donors (Lipinski definition) is 0. The lowest BCUT2D eigenvalue weighted by Gasteiger charge is -2.25. The highest BCUT2D eigenvalue weighted by atomic mass is 16.2. The minimum Gasteiger partial charge on any atom is -0.274 e. The fraction of sp³-hybridized carbons (Fsp3) is 0.417. The van der Waals surface area contributed by atoms with E-state index in [-0.39, 0.29) is 71.0 Å². The van der Waals surface area contributed by atoms with Gasteiger partial charge in [0, 0.05) is 0 Å². The van der Waals surface area contributed by atoms with E-state index in [4.69, 9.17) is 0 Å². The number of anilines is 2. The standard InChI is InChI=1S/C24H20N2O4/c27-21-17-11-5-6-12(9-11)18(17)22(28)25(21)15-3-1-2-4-16(15)26-23(29)19-13-7-8-14(10-13)20(19)24(26)30/h1-8,11-14,17-20H,9-10H2. The Labute approximate surface area is 173 Å². The lowest BCUT2D eigenvalue weighted by atomic mass is 9.85. The third-order valence-corrected chi connectivity index (χ3v) is 8.30. The van der Waals surface area contributed by atoms with Gasteiger partial charge in [0.25, 0.3) is 0 Å². The molecule has 6 heteroatoms. The van der Waals surface area contributed by atoms with Crippen LogP contribution in [0.15, 0.2) is 48.6 Å². The average Bonchev–Trinajstić information content (AvgIpc) is 3.56. The lowest BCUT2D eigenvalue weighted by Crippen LogP contribution is -2.37. The number of amides is 4. The molecule has 0 spiro atoms. The first-order valence-corrected chi connectivity index (χ1v) is 10.8. The fourth-order valence-electron chi connectivity index (χ4n) is 7.12. The first-order chi connectivity index (χ1) is 14.6. The number of hydrogen-bond acceptors (Lipinski definition) is 4. The van der Waals surface area contributed by atoms with E-state index < -0.39 is 0 Å². The number of carbonyl (C=O) groups excluding carboxylic acids is 4. The Balaban J connectivity index is 1.30. The van der Waals surface area contributed by atoms with Crippen LogP contribution in [0.5, 0.6) is 0 Å². The number of imide groups is 2. The molecule has 2 heterocycles. The molecule has 30 heavy (non-hydrogen) atoms. The van der Waals surface area contributed by atoms with Crippen molar-refractivity contribution in [1.82, 2.24) is 0 Å². The Morgan fingerprint density at radius 3 is 1.13 bits per heavy atom. The summed E-state index contributed by atoms with van der Waals surface area (Å²) in [7, 11) is 0. The van der Waals surface area contributed by atoms with E-state index in [1.54, 1.807) is 24.3 Å². The molecule has 0 aromatic heterocycles. The number of benzene rings is 1. The summed E-state index contributed by atoms with van der Waals surface area (Å²) in [4.78, 5) is 55.7. The zero-order chi connectivity index (χ0) is 20.3. The maximum Gasteiger partial charge on any atom is 0.238 e. The van der Waals surface area contributed by atoms with Crippen molar-refractivity contribution in [2.45, 2.75) is 12.8 Å². The van der Waals surface area contributed by atoms with Crippen LogP contribution in [0.2, 0.25) is 0 Å². The van der Waals surface area contributed by atoms with Crippen LogP contribution >= 0.6 is 0 Å². The summed E-state index contributed by atoms with van der Waals surface area (Å²) >= 11 is 0. The quantitative estimate of drug-likeness (QED) is 0.564. The predicted octanol–water partition coefficient (Wildman–Crippen LogP) is 2.31. The Morgan fingerprint density at radius 2 is 0.833 bits per heavy atom. The molecule has 0 radical (unpaired) electrons. The molecule has 2 saturated carbocycles. The maximum absolute atomic E-state index is 13.3. The van der Waals surface area contributed by atoms with Gasteiger partial charge in [-0.15, -0.1) is 0 Å². The van der Waals surface area contributed by atoms with Gasteiger partial charge in [-0.1, -0.05) is 36.4 Å².